The summed E-state index contributed by atoms with van der Waals surface area (Å²) in [6.45, 7) is 5.55. The van der Waals surface area contributed by atoms with Crippen molar-refractivity contribution in [2.45, 2.75) is 19.4 Å². The van der Waals surface area contributed by atoms with E-state index in [0.717, 1.165) is 17.3 Å². The van der Waals surface area contributed by atoms with E-state index in [2.05, 4.69) is 23.3 Å². The van der Waals surface area contributed by atoms with Crippen LogP contribution in [0.3, 0.4) is 0 Å². The summed E-state index contributed by atoms with van der Waals surface area (Å²) in [6.07, 6.45) is 1.43. The molecule has 0 saturated carbocycles. The van der Waals surface area contributed by atoms with Crippen LogP contribution in [0.1, 0.15) is 24.0 Å². The second kappa shape index (κ2) is 11.9. The number of amides is 1. The van der Waals surface area contributed by atoms with Crippen molar-refractivity contribution < 1.29 is 18.7 Å². The van der Waals surface area contributed by atoms with Gasteiger partial charge in [-0.05, 0) is 18.6 Å². The van der Waals surface area contributed by atoms with Gasteiger partial charge >= 0.3 is 5.97 Å². The van der Waals surface area contributed by atoms with Crippen molar-refractivity contribution in [2.24, 2.45) is 0 Å². The number of halogens is 1. The summed E-state index contributed by atoms with van der Waals surface area (Å²) in [6, 6.07) is 17.6. The van der Waals surface area contributed by atoms with Crippen molar-refractivity contribution >= 4 is 23.6 Å². The van der Waals surface area contributed by atoms with Gasteiger partial charge in [0.2, 0.25) is 5.91 Å². The smallest absolute Gasteiger partial charge is 0.337 e. The topological polar surface area (TPSA) is 91.2 Å². The minimum absolute atomic E-state index is 0.0194. The third-order valence-electron chi connectivity index (χ3n) is 5.10. The number of hydrogen-bond acceptors (Lipinski definition) is 6. The van der Waals surface area contributed by atoms with Gasteiger partial charge < -0.3 is 15.4 Å². The van der Waals surface area contributed by atoms with Crippen LogP contribution >= 0.6 is 11.8 Å². The molecule has 1 aliphatic rings. The fourth-order valence-electron chi connectivity index (χ4n) is 3.51. The number of thioether (sulfide) groups is 1. The Bertz CT molecular complexity index is 1190. The Labute approximate surface area is 202 Å². The molecule has 174 valence electrons. The monoisotopic (exact) mass is 477 g/mol. The van der Waals surface area contributed by atoms with E-state index in [1.165, 1.54) is 24.3 Å². The van der Waals surface area contributed by atoms with Crippen LogP contribution in [0, 0.1) is 17.1 Å². The van der Waals surface area contributed by atoms with Crippen LogP contribution in [0.15, 0.2) is 89.1 Å². The van der Waals surface area contributed by atoms with Gasteiger partial charge in [-0.2, -0.15) is 5.26 Å². The molecule has 34 heavy (non-hydrogen) atoms. The van der Waals surface area contributed by atoms with E-state index in [4.69, 9.17) is 4.74 Å². The first-order chi connectivity index (χ1) is 16.5. The van der Waals surface area contributed by atoms with Crippen LogP contribution in [0.5, 0.6) is 0 Å². The van der Waals surface area contributed by atoms with E-state index < -0.39 is 17.7 Å². The SMILES string of the molecule is C=CCOC(=O)C1=C(C)NC(SCC(=O)NCc2ccccc2)=C(C#N)C1c1ccccc1F. The van der Waals surface area contributed by atoms with E-state index in [1.54, 1.807) is 13.0 Å². The number of carbonyl (C=O) groups is 2. The fourth-order valence-corrected chi connectivity index (χ4v) is 4.44. The zero-order valence-electron chi connectivity index (χ0n) is 18.6. The normalized spacial score (nSPS) is 15.3. The number of hydrogen-bond donors (Lipinski definition) is 2. The maximum atomic E-state index is 14.8. The number of rotatable bonds is 9. The average molecular weight is 478 g/mol. The van der Waals surface area contributed by atoms with Crippen LogP contribution in [0.25, 0.3) is 0 Å². The molecule has 1 aliphatic heterocycles. The number of allylic oxidation sites excluding steroid dienone is 2. The minimum atomic E-state index is -0.973. The molecule has 1 amide bonds. The third kappa shape index (κ3) is 5.94. The van der Waals surface area contributed by atoms with E-state index in [0.29, 0.717) is 17.3 Å². The third-order valence-corrected chi connectivity index (χ3v) is 6.11. The molecule has 2 aromatic carbocycles. The van der Waals surface area contributed by atoms with Gasteiger partial charge in [0.05, 0.1) is 33.9 Å². The Hall–Kier alpha value is -3.83. The summed E-state index contributed by atoms with van der Waals surface area (Å²) < 4.78 is 20.0. The molecular weight excluding hydrogens is 453 g/mol. The number of benzene rings is 2. The lowest BCUT2D eigenvalue weighted by molar-refractivity contribution is -0.138. The highest BCUT2D eigenvalue weighted by Gasteiger charge is 2.36. The summed E-state index contributed by atoms with van der Waals surface area (Å²) in [5, 5.41) is 16.3. The Balaban J connectivity index is 1.86. The summed E-state index contributed by atoms with van der Waals surface area (Å²) >= 11 is 1.12. The first kappa shape index (κ1) is 24.8. The molecule has 0 aromatic heterocycles. The Morgan fingerprint density at radius 2 is 1.94 bits per heavy atom. The van der Waals surface area contributed by atoms with Gasteiger partial charge in [-0.15, -0.1) is 0 Å². The molecule has 0 aliphatic carbocycles. The molecule has 2 aromatic rings. The van der Waals surface area contributed by atoms with Gasteiger partial charge in [0, 0.05) is 17.8 Å². The van der Waals surface area contributed by atoms with Crippen LogP contribution in [-0.4, -0.2) is 24.2 Å². The lowest BCUT2D eigenvalue weighted by Crippen LogP contribution is -2.30. The van der Waals surface area contributed by atoms with E-state index >= 15 is 0 Å². The van der Waals surface area contributed by atoms with Crippen molar-refractivity contribution in [2.75, 3.05) is 12.4 Å². The summed E-state index contributed by atoms with van der Waals surface area (Å²) in [4.78, 5) is 25.2. The van der Waals surface area contributed by atoms with Gasteiger partial charge in [0.15, 0.2) is 0 Å². The second-order valence-corrected chi connectivity index (χ2v) is 8.40. The van der Waals surface area contributed by atoms with Crippen LogP contribution < -0.4 is 10.6 Å². The largest absolute Gasteiger partial charge is 0.458 e. The predicted molar refractivity (Wildman–Crippen MR) is 130 cm³/mol. The van der Waals surface area contributed by atoms with Gasteiger partial charge in [-0.25, -0.2) is 9.18 Å². The van der Waals surface area contributed by atoms with Gasteiger partial charge in [-0.1, -0.05) is 72.9 Å². The second-order valence-electron chi connectivity index (χ2n) is 7.41. The molecule has 3 rings (SSSR count). The number of esters is 1. The van der Waals surface area contributed by atoms with Gasteiger partial charge in [0.1, 0.15) is 12.4 Å². The number of ether oxygens (including phenoxy) is 1. The highest BCUT2D eigenvalue weighted by Crippen LogP contribution is 2.41. The van der Waals surface area contributed by atoms with E-state index in [1.807, 2.05) is 30.3 Å². The number of nitrogens with one attached hydrogen (secondary N) is 2. The van der Waals surface area contributed by atoms with Crippen molar-refractivity contribution in [3.05, 3.63) is 106 Å². The summed E-state index contributed by atoms with van der Waals surface area (Å²) in [5.41, 5.74) is 1.85. The molecule has 0 radical (unpaired) electrons. The molecule has 8 heteroatoms. The lowest BCUT2D eigenvalue weighted by Gasteiger charge is -2.29. The summed E-state index contributed by atoms with van der Waals surface area (Å²) in [5.74, 6) is -2.38. The van der Waals surface area contributed by atoms with Crippen molar-refractivity contribution in [1.29, 1.82) is 5.26 Å². The average Bonchev–Trinajstić information content (AvgIpc) is 2.85. The Morgan fingerprint density at radius 1 is 1.24 bits per heavy atom. The molecule has 0 spiro atoms. The van der Waals surface area contributed by atoms with Crippen LogP contribution in [0.4, 0.5) is 4.39 Å². The Kier molecular flexibility index (Phi) is 8.66. The first-order valence-corrected chi connectivity index (χ1v) is 11.5. The van der Waals surface area contributed by atoms with Crippen molar-refractivity contribution in [1.82, 2.24) is 10.6 Å². The predicted octanol–water partition coefficient (Wildman–Crippen LogP) is 4.30. The molecule has 0 fully saturated rings. The molecule has 0 bridgehead atoms. The van der Waals surface area contributed by atoms with Crippen LogP contribution in [-0.2, 0) is 20.9 Å². The Morgan fingerprint density at radius 3 is 2.62 bits per heavy atom. The number of nitrogens with zero attached hydrogens (tertiary/aromatic N) is 1. The van der Waals surface area contributed by atoms with Gasteiger partial charge in [-0.3, -0.25) is 4.79 Å². The first-order valence-electron chi connectivity index (χ1n) is 10.5. The quantitative estimate of drug-likeness (QED) is 0.413. The highest BCUT2D eigenvalue weighted by molar-refractivity contribution is 8.03. The lowest BCUT2D eigenvalue weighted by atomic mass is 9.82. The molecule has 1 unspecified atom stereocenters. The maximum absolute atomic E-state index is 14.8. The van der Waals surface area contributed by atoms with Crippen LogP contribution in [0.2, 0.25) is 0 Å². The minimum Gasteiger partial charge on any atom is -0.458 e. The van der Waals surface area contributed by atoms with Crippen molar-refractivity contribution in [3.63, 3.8) is 0 Å². The zero-order chi connectivity index (χ0) is 24.5. The van der Waals surface area contributed by atoms with E-state index in [9.17, 15) is 19.2 Å². The van der Waals surface area contributed by atoms with Crippen molar-refractivity contribution in [3.8, 4) is 6.07 Å². The molecular formula is C26H24FN3O3S. The summed E-state index contributed by atoms with van der Waals surface area (Å²) in [7, 11) is 0. The van der Waals surface area contributed by atoms with Gasteiger partial charge in [0.25, 0.3) is 0 Å². The highest BCUT2D eigenvalue weighted by atomic mass is 32.2. The maximum Gasteiger partial charge on any atom is 0.337 e. The molecule has 0 saturated heterocycles. The fraction of sp³-hybridized carbons (Fsp3) is 0.192. The number of nitriles is 1. The number of dihydropyridines is 1. The van der Waals surface area contributed by atoms with E-state index in [-0.39, 0.29) is 35.0 Å². The zero-order valence-corrected chi connectivity index (χ0v) is 19.5. The molecule has 6 nitrogen and oxygen atoms in total. The molecule has 2 N–H and O–H groups in total. The standard InChI is InChI=1S/C26H24FN3O3S/c1-3-13-33-26(32)23-17(2)30-25(20(14-28)24(23)19-11-7-8-12-21(19)27)34-16-22(31)29-15-18-9-5-4-6-10-18/h3-12,24,30H,1,13,15-16H2,2H3,(H,29,31). The number of carbonyl (C=O) groups excluding carboxylic acids is 2. The molecule has 1 heterocycles. The molecule has 1 atom stereocenters.